The summed E-state index contributed by atoms with van der Waals surface area (Å²) in [6, 6.07) is -2.16. The van der Waals surface area contributed by atoms with E-state index in [2.05, 4.69) is 17.6 Å². The van der Waals surface area contributed by atoms with Gasteiger partial charge in [-0.2, -0.15) is 0 Å². The zero-order valence-corrected chi connectivity index (χ0v) is 26.9. The van der Waals surface area contributed by atoms with Crippen molar-refractivity contribution in [2.75, 3.05) is 6.61 Å². The minimum absolute atomic E-state index is 0.0140. The van der Waals surface area contributed by atoms with Gasteiger partial charge in [0.25, 0.3) is 0 Å². The smallest absolute Gasteiger partial charge is 0.325 e. The molecule has 2 amide bonds. The van der Waals surface area contributed by atoms with Crippen molar-refractivity contribution in [3.8, 4) is 0 Å². The first-order valence-electron chi connectivity index (χ1n) is 16.1. The number of allylic oxidation sites excluding steroid dienone is 1. The minimum atomic E-state index is -1.79. The van der Waals surface area contributed by atoms with Crippen LogP contribution in [0.3, 0.4) is 0 Å². The van der Waals surface area contributed by atoms with E-state index in [-0.39, 0.29) is 60.6 Å². The number of esters is 1. The summed E-state index contributed by atoms with van der Waals surface area (Å²) < 4.78 is 5.19. The van der Waals surface area contributed by atoms with Crippen LogP contribution in [0.25, 0.3) is 0 Å². The van der Waals surface area contributed by atoms with Crippen molar-refractivity contribution >= 4 is 35.3 Å². The van der Waals surface area contributed by atoms with Gasteiger partial charge in [-0.15, -0.1) is 0 Å². The van der Waals surface area contributed by atoms with Gasteiger partial charge in [0.1, 0.15) is 17.7 Å². The number of Topliss-reactive ketones (excluding diaryl/α,β-unsaturated/α-hetero) is 1. The van der Waals surface area contributed by atoms with E-state index in [0.29, 0.717) is 19.3 Å². The quantitative estimate of drug-likeness (QED) is 0.210. The zero-order chi connectivity index (χ0) is 33.5. The third-order valence-corrected chi connectivity index (χ3v) is 11.4. The lowest BCUT2D eigenvalue weighted by Crippen LogP contribution is -2.62. The Balaban J connectivity index is 1.33. The Bertz CT molecular complexity index is 1280. The highest BCUT2D eigenvalue weighted by Crippen LogP contribution is 2.67. The van der Waals surface area contributed by atoms with Crippen molar-refractivity contribution in [3.63, 3.8) is 0 Å². The largest absolute Gasteiger partial charge is 0.480 e. The molecule has 0 heterocycles. The van der Waals surface area contributed by atoms with Crippen LogP contribution in [0.1, 0.15) is 92.4 Å². The SMILES string of the molecule is CC(C)[C@@H](NC(=O)CCC(=O)OCC(=O)[C@@]1(O)CC[C@@H]2[C@@H]3CCC4=CC(=O)CC[C@]4(C)[C@H]3[C@@H](O)C[C@@]21C)C(=O)N[C@@H](C)C(=O)O. The molecule has 4 aliphatic rings. The minimum Gasteiger partial charge on any atom is -0.480 e. The first kappa shape index (κ1) is 34.7. The second-order valence-electron chi connectivity index (χ2n) is 14.4. The highest BCUT2D eigenvalue weighted by atomic mass is 16.5. The third-order valence-electron chi connectivity index (χ3n) is 11.4. The lowest BCUT2D eigenvalue weighted by atomic mass is 9.45. The van der Waals surface area contributed by atoms with Crippen molar-refractivity contribution in [1.29, 1.82) is 0 Å². The molecule has 0 saturated heterocycles. The number of hydrogen-bond acceptors (Lipinski definition) is 9. The normalized spacial score (nSPS) is 35.2. The van der Waals surface area contributed by atoms with Gasteiger partial charge in [-0.3, -0.25) is 28.8 Å². The van der Waals surface area contributed by atoms with Crippen LogP contribution < -0.4 is 10.6 Å². The van der Waals surface area contributed by atoms with Gasteiger partial charge in [-0.25, -0.2) is 0 Å². The number of carboxylic acid groups (broad SMARTS) is 1. The molecule has 5 N–H and O–H groups in total. The third kappa shape index (κ3) is 6.45. The van der Waals surface area contributed by atoms with Crippen molar-refractivity contribution < 1.29 is 48.8 Å². The summed E-state index contributed by atoms with van der Waals surface area (Å²) in [6.07, 6.45) is 3.99. The molecule has 45 heavy (non-hydrogen) atoms. The molecule has 0 aromatic carbocycles. The summed E-state index contributed by atoms with van der Waals surface area (Å²) in [6.45, 7) is 7.99. The summed E-state index contributed by atoms with van der Waals surface area (Å²) in [4.78, 5) is 74.1. The number of rotatable bonds is 11. The number of carbonyl (C=O) groups excluding carboxylic acids is 5. The summed E-state index contributed by atoms with van der Waals surface area (Å²) in [5.41, 5.74) is -1.89. The van der Waals surface area contributed by atoms with Crippen LogP contribution in [0.5, 0.6) is 0 Å². The van der Waals surface area contributed by atoms with Gasteiger partial charge in [0.15, 0.2) is 12.4 Å². The molecule has 4 aliphatic carbocycles. The highest BCUT2D eigenvalue weighted by Gasteiger charge is 2.68. The Hall–Kier alpha value is -3.12. The van der Waals surface area contributed by atoms with Gasteiger partial charge in [-0.1, -0.05) is 33.3 Å². The molecule has 9 atom stereocenters. The van der Waals surface area contributed by atoms with Crippen LogP contribution in [0.15, 0.2) is 11.6 Å². The second kappa shape index (κ2) is 12.9. The fraction of sp³-hybridized carbons (Fsp3) is 0.758. The Morgan fingerprint density at radius 1 is 1.02 bits per heavy atom. The molecule has 0 aromatic heterocycles. The first-order valence-corrected chi connectivity index (χ1v) is 16.1. The number of aliphatic hydroxyl groups is 2. The average molecular weight is 633 g/mol. The van der Waals surface area contributed by atoms with E-state index in [1.807, 2.05) is 6.92 Å². The Labute approximate surface area is 263 Å². The van der Waals surface area contributed by atoms with Crippen LogP contribution >= 0.6 is 0 Å². The maximum atomic E-state index is 13.5. The molecule has 3 saturated carbocycles. The van der Waals surface area contributed by atoms with E-state index < -0.39 is 65.3 Å². The molecule has 0 aromatic rings. The van der Waals surface area contributed by atoms with Crippen LogP contribution in [-0.4, -0.2) is 81.0 Å². The van der Waals surface area contributed by atoms with Crippen LogP contribution in [0, 0.1) is 34.5 Å². The van der Waals surface area contributed by atoms with Crippen molar-refractivity contribution in [2.45, 2.75) is 116 Å². The van der Waals surface area contributed by atoms with Gasteiger partial charge in [0.2, 0.25) is 17.6 Å². The van der Waals surface area contributed by atoms with E-state index >= 15 is 0 Å². The fourth-order valence-electron chi connectivity index (χ4n) is 8.85. The number of carbonyl (C=O) groups is 6. The number of ether oxygens (including phenoxy) is 1. The number of aliphatic hydroxyl groups excluding tert-OH is 1. The van der Waals surface area contributed by atoms with Gasteiger partial charge in [0.05, 0.1) is 12.5 Å². The van der Waals surface area contributed by atoms with Gasteiger partial charge < -0.3 is 30.7 Å². The maximum absolute atomic E-state index is 13.5. The van der Waals surface area contributed by atoms with E-state index in [4.69, 9.17) is 9.84 Å². The van der Waals surface area contributed by atoms with Crippen molar-refractivity contribution in [1.82, 2.24) is 10.6 Å². The summed E-state index contributed by atoms with van der Waals surface area (Å²) in [7, 11) is 0. The molecule has 0 unspecified atom stereocenters. The second-order valence-corrected chi connectivity index (χ2v) is 14.4. The van der Waals surface area contributed by atoms with Gasteiger partial charge >= 0.3 is 11.9 Å². The number of hydrogen-bond donors (Lipinski definition) is 5. The summed E-state index contributed by atoms with van der Waals surface area (Å²) in [5.74, 6) is -4.17. The van der Waals surface area contributed by atoms with Gasteiger partial charge in [0, 0.05) is 18.3 Å². The molecule has 250 valence electrons. The number of ketones is 2. The summed E-state index contributed by atoms with van der Waals surface area (Å²) in [5, 5.41) is 37.2. The predicted octanol–water partition coefficient (Wildman–Crippen LogP) is 1.84. The fourth-order valence-corrected chi connectivity index (χ4v) is 8.85. The lowest BCUT2D eigenvalue weighted by Gasteiger charge is -2.60. The molecular weight excluding hydrogens is 584 g/mol. The zero-order valence-electron chi connectivity index (χ0n) is 26.9. The summed E-state index contributed by atoms with van der Waals surface area (Å²) >= 11 is 0. The van der Waals surface area contributed by atoms with E-state index in [0.717, 1.165) is 18.4 Å². The number of carboxylic acids is 1. The molecule has 0 bridgehead atoms. The molecule has 12 nitrogen and oxygen atoms in total. The lowest BCUT2D eigenvalue weighted by molar-refractivity contribution is -0.184. The molecule has 0 spiro atoms. The first-order chi connectivity index (χ1) is 20.9. The molecule has 3 fully saturated rings. The average Bonchev–Trinajstić information content (AvgIpc) is 3.23. The Morgan fingerprint density at radius 3 is 2.36 bits per heavy atom. The highest BCUT2D eigenvalue weighted by molar-refractivity contribution is 5.93. The van der Waals surface area contributed by atoms with Crippen molar-refractivity contribution in [2.24, 2.45) is 34.5 Å². The number of aliphatic carboxylic acids is 1. The van der Waals surface area contributed by atoms with Crippen LogP contribution in [0.4, 0.5) is 0 Å². The molecule has 4 rings (SSSR count). The van der Waals surface area contributed by atoms with E-state index in [9.17, 15) is 39.0 Å². The number of nitrogens with one attached hydrogen (secondary N) is 2. The van der Waals surface area contributed by atoms with Gasteiger partial charge in [-0.05, 0) is 80.6 Å². The standard InChI is InChI=1S/C33H48N2O10/c1-17(2)28(29(41)34-18(3)30(42)43)35-25(39)8-9-26(40)45-16-24(38)33(44)13-11-22-21-7-6-19-14-20(36)10-12-31(19,4)27(21)23(37)15-32(22,33)5/h14,17-18,21-23,27-28,37,44H,6-13,15-16H2,1-5H3,(H,34,41)(H,35,39)(H,42,43)/t18-,21-,22+,23-,27+,28+,31-,32-,33-/m0/s1. The monoisotopic (exact) mass is 632 g/mol. The predicted molar refractivity (Wildman–Crippen MR) is 160 cm³/mol. The van der Waals surface area contributed by atoms with Crippen LogP contribution in [0.2, 0.25) is 0 Å². The Morgan fingerprint density at radius 2 is 1.71 bits per heavy atom. The maximum Gasteiger partial charge on any atom is 0.325 e. The van der Waals surface area contributed by atoms with E-state index in [1.54, 1.807) is 19.9 Å². The molecule has 12 heteroatoms. The topological polar surface area (TPSA) is 196 Å². The molecule has 0 radical (unpaired) electrons. The number of fused-ring (bicyclic) bond motifs is 5. The van der Waals surface area contributed by atoms with Crippen LogP contribution in [-0.2, 0) is 33.5 Å². The Kier molecular flexibility index (Phi) is 9.99. The van der Waals surface area contributed by atoms with Crippen molar-refractivity contribution in [3.05, 3.63) is 11.6 Å². The number of amides is 2. The molecule has 0 aliphatic heterocycles. The molecular formula is C33H48N2O10. The van der Waals surface area contributed by atoms with E-state index in [1.165, 1.54) is 6.92 Å².